The molecule has 1 aliphatic carbocycles. The van der Waals surface area contributed by atoms with Crippen LogP contribution in [0, 0.1) is 0 Å². The molecule has 86 valence electrons. The number of halogens is 1. The summed E-state index contributed by atoms with van der Waals surface area (Å²) in [5.41, 5.74) is 0.573. The fourth-order valence-electron chi connectivity index (χ4n) is 1.96. The second-order valence-electron chi connectivity index (χ2n) is 4.09. The Kier molecular flexibility index (Phi) is 3.46. The number of rotatable bonds is 2. The summed E-state index contributed by atoms with van der Waals surface area (Å²) in [5, 5.41) is 13.0. The SMILES string of the molecule is O=C(NC1CCCC1O)c1ccc(Cl)cc1. The molecule has 16 heavy (non-hydrogen) atoms. The van der Waals surface area contributed by atoms with Gasteiger partial charge < -0.3 is 10.4 Å². The molecule has 0 heterocycles. The Hall–Kier alpha value is -1.06. The van der Waals surface area contributed by atoms with Gasteiger partial charge in [0, 0.05) is 10.6 Å². The van der Waals surface area contributed by atoms with E-state index in [9.17, 15) is 9.90 Å². The number of hydrogen-bond acceptors (Lipinski definition) is 2. The molecule has 2 atom stereocenters. The number of aliphatic hydroxyl groups is 1. The Morgan fingerprint density at radius 2 is 2.00 bits per heavy atom. The van der Waals surface area contributed by atoms with Gasteiger partial charge >= 0.3 is 0 Å². The summed E-state index contributed by atoms with van der Waals surface area (Å²) in [6, 6.07) is 6.62. The quantitative estimate of drug-likeness (QED) is 0.829. The van der Waals surface area contributed by atoms with E-state index in [4.69, 9.17) is 11.6 Å². The first-order valence-corrected chi connectivity index (χ1v) is 5.79. The van der Waals surface area contributed by atoms with Gasteiger partial charge in [-0.15, -0.1) is 0 Å². The maximum atomic E-state index is 11.8. The molecule has 1 amide bonds. The van der Waals surface area contributed by atoms with Crippen molar-refractivity contribution in [1.29, 1.82) is 0 Å². The summed E-state index contributed by atoms with van der Waals surface area (Å²) in [7, 11) is 0. The maximum Gasteiger partial charge on any atom is 0.251 e. The molecule has 0 saturated heterocycles. The standard InChI is InChI=1S/C12H14ClNO2/c13-9-6-4-8(5-7-9)12(16)14-10-2-1-3-11(10)15/h4-7,10-11,15H,1-3H2,(H,14,16). The largest absolute Gasteiger partial charge is 0.391 e. The fraction of sp³-hybridized carbons (Fsp3) is 0.417. The third kappa shape index (κ3) is 2.54. The van der Waals surface area contributed by atoms with Crippen molar-refractivity contribution in [2.45, 2.75) is 31.4 Å². The minimum atomic E-state index is -0.406. The first-order chi connectivity index (χ1) is 7.66. The van der Waals surface area contributed by atoms with Gasteiger partial charge in [0.15, 0.2) is 0 Å². The van der Waals surface area contributed by atoms with Crippen molar-refractivity contribution in [3.63, 3.8) is 0 Å². The lowest BCUT2D eigenvalue weighted by molar-refractivity contribution is 0.0873. The van der Waals surface area contributed by atoms with Crippen LogP contribution in [0.25, 0.3) is 0 Å². The van der Waals surface area contributed by atoms with Crippen molar-refractivity contribution in [2.24, 2.45) is 0 Å². The van der Waals surface area contributed by atoms with E-state index in [0.717, 1.165) is 19.3 Å². The van der Waals surface area contributed by atoms with Crippen LogP contribution < -0.4 is 5.32 Å². The van der Waals surface area contributed by atoms with Crippen LogP contribution in [0.3, 0.4) is 0 Å². The fourth-order valence-corrected chi connectivity index (χ4v) is 2.09. The van der Waals surface area contributed by atoms with E-state index in [0.29, 0.717) is 10.6 Å². The van der Waals surface area contributed by atoms with Crippen molar-refractivity contribution in [1.82, 2.24) is 5.32 Å². The second-order valence-corrected chi connectivity index (χ2v) is 4.52. The predicted octanol–water partition coefficient (Wildman–Crippen LogP) is 1.98. The van der Waals surface area contributed by atoms with E-state index >= 15 is 0 Å². The van der Waals surface area contributed by atoms with Crippen LogP contribution in [0.15, 0.2) is 24.3 Å². The molecule has 2 N–H and O–H groups in total. The third-order valence-electron chi connectivity index (χ3n) is 2.90. The highest BCUT2D eigenvalue weighted by molar-refractivity contribution is 6.30. The lowest BCUT2D eigenvalue weighted by atomic mass is 10.1. The van der Waals surface area contributed by atoms with Gasteiger partial charge in [0.25, 0.3) is 5.91 Å². The monoisotopic (exact) mass is 239 g/mol. The summed E-state index contributed by atoms with van der Waals surface area (Å²) in [6.07, 6.45) is 2.18. The van der Waals surface area contributed by atoms with Gasteiger partial charge in [0.05, 0.1) is 12.1 Å². The summed E-state index contributed by atoms with van der Waals surface area (Å²) >= 11 is 5.74. The number of hydrogen-bond donors (Lipinski definition) is 2. The van der Waals surface area contributed by atoms with E-state index in [1.807, 2.05) is 0 Å². The first-order valence-electron chi connectivity index (χ1n) is 5.41. The number of aliphatic hydroxyl groups excluding tert-OH is 1. The smallest absolute Gasteiger partial charge is 0.251 e. The van der Waals surface area contributed by atoms with Gasteiger partial charge in [-0.25, -0.2) is 0 Å². The first kappa shape index (κ1) is 11.4. The highest BCUT2D eigenvalue weighted by atomic mass is 35.5. The average Bonchev–Trinajstić information content (AvgIpc) is 2.65. The molecular formula is C12H14ClNO2. The van der Waals surface area contributed by atoms with Crippen LogP contribution in [0.2, 0.25) is 5.02 Å². The molecule has 1 aromatic rings. The van der Waals surface area contributed by atoms with E-state index in [2.05, 4.69) is 5.32 Å². The average molecular weight is 240 g/mol. The maximum absolute atomic E-state index is 11.8. The Labute approximate surface area is 99.4 Å². The molecule has 1 aromatic carbocycles. The van der Waals surface area contributed by atoms with Crippen LogP contribution in [-0.2, 0) is 0 Å². The van der Waals surface area contributed by atoms with Crippen molar-refractivity contribution < 1.29 is 9.90 Å². The number of amides is 1. The molecule has 0 bridgehead atoms. The van der Waals surface area contributed by atoms with Crippen molar-refractivity contribution in [3.05, 3.63) is 34.9 Å². The molecule has 0 radical (unpaired) electrons. The lowest BCUT2D eigenvalue weighted by Gasteiger charge is -2.16. The van der Waals surface area contributed by atoms with Crippen molar-refractivity contribution in [3.8, 4) is 0 Å². The van der Waals surface area contributed by atoms with Crippen LogP contribution in [0.1, 0.15) is 29.6 Å². The highest BCUT2D eigenvalue weighted by Gasteiger charge is 2.26. The molecule has 3 nitrogen and oxygen atoms in total. The van der Waals surface area contributed by atoms with Crippen molar-refractivity contribution >= 4 is 17.5 Å². The van der Waals surface area contributed by atoms with Gasteiger partial charge in [-0.3, -0.25) is 4.79 Å². The van der Waals surface area contributed by atoms with E-state index in [-0.39, 0.29) is 11.9 Å². The van der Waals surface area contributed by atoms with Gasteiger partial charge in [0.1, 0.15) is 0 Å². The van der Waals surface area contributed by atoms with Gasteiger partial charge in [-0.1, -0.05) is 11.6 Å². The van der Waals surface area contributed by atoms with E-state index < -0.39 is 6.10 Å². The number of carbonyl (C=O) groups is 1. The molecular weight excluding hydrogens is 226 g/mol. The minimum absolute atomic E-state index is 0.108. The van der Waals surface area contributed by atoms with Gasteiger partial charge in [0.2, 0.25) is 0 Å². The zero-order valence-electron chi connectivity index (χ0n) is 8.82. The van der Waals surface area contributed by atoms with Crippen LogP contribution in [-0.4, -0.2) is 23.2 Å². The summed E-state index contributed by atoms with van der Waals surface area (Å²) in [6.45, 7) is 0. The number of carbonyl (C=O) groups excluding carboxylic acids is 1. The molecule has 0 spiro atoms. The Balaban J connectivity index is 2.00. The molecule has 1 saturated carbocycles. The van der Waals surface area contributed by atoms with Gasteiger partial charge in [-0.2, -0.15) is 0 Å². The lowest BCUT2D eigenvalue weighted by Crippen LogP contribution is -2.39. The summed E-state index contributed by atoms with van der Waals surface area (Å²) in [5.74, 6) is -0.150. The van der Waals surface area contributed by atoms with Crippen LogP contribution in [0.5, 0.6) is 0 Å². The summed E-state index contributed by atoms with van der Waals surface area (Å²) < 4.78 is 0. The molecule has 1 fully saturated rings. The van der Waals surface area contributed by atoms with Gasteiger partial charge in [-0.05, 0) is 43.5 Å². The zero-order valence-corrected chi connectivity index (χ0v) is 9.57. The normalized spacial score (nSPS) is 24.4. The van der Waals surface area contributed by atoms with Crippen LogP contribution in [0.4, 0.5) is 0 Å². The number of benzene rings is 1. The predicted molar refractivity (Wildman–Crippen MR) is 62.6 cm³/mol. The third-order valence-corrected chi connectivity index (χ3v) is 3.15. The second kappa shape index (κ2) is 4.85. The Bertz CT molecular complexity index is 377. The molecule has 0 aromatic heterocycles. The van der Waals surface area contributed by atoms with Crippen LogP contribution >= 0.6 is 11.6 Å². The topological polar surface area (TPSA) is 49.3 Å². The highest BCUT2D eigenvalue weighted by Crippen LogP contribution is 2.19. The van der Waals surface area contributed by atoms with E-state index in [1.54, 1.807) is 24.3 Å². The van der Waals surface area contributed by atoms with E-state index in [1.165, 1.54) is 0 Å². The minimum Gasteiger partial charge on any atom is -0.391 e. The Morgan fingerprint density at radius 1 is 1.31 bits per heavy atom. The molecule has 1 aliphatic rings. The molecule has 0 aliphatic heterocycles. The summed E-state index contributed by atoms with van der Waals surface area (Å²) in [4.78, 5) is 11.8. The Morgan fingerprint density at radius 3 is 2.56 bits per heavy atom. The van der Waals surface area contributed by atoms with Crippen molar-refractivity contribution in [2.75, 3.05) is 0 Å². The zero-order chi connectivity index (χ0) is 11.5. The molecule has 2 rings (SSSR count). The number of nitrogens with one attached hydrogen (secondary N) is 1. The molecule has 4 heteroatoms. The molecule has 2 unspecified atom stereocenters.